The Kier molecular flexibility index (Phi) is 6.48. The predicted octanol–water partition coefficient (Wildman–Crippen LogP) is 3.45. The number of benzene rings is 1. The van der Waals surface area contributed by atoms with E-state index in [1.807, 2.05) is 0 Å². The maximum Gasteiger partial charge on any atom is 0.418 e. The number of halogens is 4. The number of carbonyl (C=O) groups is 2. The number of nitrogens with zero attached hydrogens (tertiary/aromatic N) is 3. The van der Waals surface area contributed by atoms with E-state index < -0.39 is 23.2 Å². The van der Waals surface area contributed by atoms with Gasteiger partial charge in [0.25, 0.3) is 5.91 Å². The highest BCUT2D eigenvalue weighted by Crippen LogP contribution is 2.38. The molecule has 9 nitrogen and oxygen atoms in total. The van der Waals surface area contributed by atoms with Crippen LogP contribution in [0.5, 0.6) is 0 Å². The Bertz CT molecular complexity index is 1250. The second-order valence-corrected chi connectivity index (χ2v) is 8.34. The quantitative estimate of drug-likeness (QED) is 0.386. The first-order chi connectivity index (χ1) is 16.6. The summed E-state index contributed by atoms with van der Waals surface area (Å²) >= 11 is 5.70. The predicted molar refractivity (Wildman–Crippen MR) is 122 cm³/mol. The van der Waals surface area contributed by atoms with Crippen molar-refractivity contribution >= 4 is 40.7 Å². The number of carbonyl (C=O) groups excluding carboxylic acids is 2. The Morgan fingerprint density at radius 1 is 1.06 bits per heavy atom. The summed E-state index contributed by atoms with van der Waals surface area (Å²) in [5.41, 5.74) is 4.30. The second-order valence-electron chi connectivity index (χ2n) is 7.90. The summed E-state index contributed by atoms with van der Waals surface area (Å²) in [4.78, 5) is 36.7. The van der Waals surface area contributed by atoms with Crippen LogP contribution >= 0.6 is 11.6 Å². The maximum atomic E-state index is 13.3. The molecule has 0 unspecified atom stereocenters. The third kappa shape index (κ3) is 5.77. The van der Waals surface area contributed by atoms with Crippen molar-refractivity contribution in [2.24, 2.45) is 0 Å². The minimum absolute atomic E-state index is 0.0292. The van der Waals surface area contributed by atoms with Crippen LogP contribution in [0.1, 0.15) is 34.5 Å². The van der Waals surface area contributed by atoms with Crippen molar-refractivity contribution in [3.63, 3.8) is 0 Å². The lowest BCUT2D eigenvalue weighted by Gasteiger charge is -2.17. The highest BCUT2D eigenvalue weighted by atomic mass is 35.5. The van der Waals surface area contributed by atoms with E-state index in [1.54, 1.807) is 12.1 Å². The van der Waals surface area contributed by atoms with Gasteiger partial charge in [-0.15, -0.1) is 0 Å². The van der Waals surface area contributed by atoms with Gasteiger partial charge in [0.2, 0.25) is 11.9 Å². The average molecular weight is 506 g/mol. The number of amides is 2. The number of nitrogens with two attached hydrogens (primary N) is 1. The lowest BCUT2D eigenvalue weighted by atomic mass is 10.1. The van der Waals surface area contributed by atoms with Gasteiger partial charge in [-0.05, 0) is 43.2 Å². The van der Waals surface area contributed by atoms with E-state index in [0.717, 1.165) is 6.07 Å². The van der Waals surface area contributed by atoms with Gasteiger partial charge in [-0.3, -0.25) is 14.6 Å². The molecule has 182 valence electrons. The van der Waals surface area contributed by atoms with Crippen LogP contribution in [0, 0.1) is 0 Å². The third-order valence-electron chi connectivity index (χ3n) is 5.29. The standard InChI is InChI=1S/C22H19ClF3N7O2/c23-13-1-4-17(16(7-13)22(24,25)26)32-15-3-2-14(28-11-15)10-29-19(35)21(5-6-21)33-18(34)12-8-30-20(27)31-9-12/h1-4,7-9,11,32H,5-6,10H2,(H,29,35)(H,33,34)(H2,27,30,31). The van der Waals surface area contributed by atoms with E-state index in [2.05, 4.69) is 30.9 Å². The molecular formula is C22H19ClF3N7O2. The van der Waals surface area contributed by atoms with E-state index in [4.69, 9.17) is 17.3 Å². The average Bonchev–Trinajstić information content (AvgIpc) is 3.60. The molecule has 0 saturated heterocycles. The van der Waals surface area contributed by atoms with Crippen molar-refractivity contribution in [1.29, 1.82) is 0 Å². The molecule has 3 aromatic rings. The molecule has 2 amide bonds. The third-order valence-corrected chi connectivity index (χ3v) is 5.53. The molecule has 1 aliphatic carbocycles. The van der Waals surface area contributed by atoms with Gasteiger partial charge in [0.1, 0.15) is 5.54 Å². The van der Waals surface area contributed by atoms with E-state index in [9.17, 15) is 22.8 Å². The SMILES string of the molecule is Nc1ncc(C(=O)NC2(C(=O)NCc3ccc(Nc4ccc(Cl)cc4C(F)(F)F)cn3)CC2)cn1. The van der Waals surface area contributed by atoms with Crippen LogP contribution in [0.25, 0.3) is 0 Å². The first kappa shape index (κ1) is 24.2. The molecule has 0 spiro atoms. The van der Waals surface area contributed by atoms with Gasteiger partial charge < -0.3 is 21.7 Å². The largest absolute Gasteiger partial charge is 0.418 e. The molecule has 13 heteroatoms. The van der Waals surface area contributed by atoms with Gasteiger partial charge >= 0.3 is 6.18 Å². The van der Waals surface area contributed by atoms with Gasteiger partial charge in [0.15, 0.2) is 0 Å². The number of aromatic nitrogens is 3. The van der Waals surface area contributed by atoms with Crippen LogP contribution in [-0.2, 0) is 17.5 Å². The molecule has 2 aromatic heterocycles. The lowest BCUT2D eigenvalue weighted by Crippen LogP contribution is -2.48. The fraction of sp³-hybridized carbons (Fsp3) is 0.227. The summed E-state index contributed by atoms with van der Waals surface area (Å²) in [6.45, 7) is 0.0659. The molecule has 0 aliphatic heterocycles. The van der Waals surface area contributed by atoms with Gasteiger partial charge in [0.05, 0.1) is 40.9 Å². The fourth-order valence-electron chi connectivity index (χ4n) is 3.24. The number of nitrogen functional groups attached to an aromatic ring is 1. The number of rotatable bonds is 7. The Morgan fingerprint density at radius 2 is 1.77 bits per heavy atom. The molecule has 4 rings (SSSR count). The summed E-state index contributed by atoms with van der Waals surface area (Å²) < 4.78 is 39.8. The monoisotopic (exact) mass is 505 g/mol. The smallest absolute Gasteiger partial charge is 0.368 e. The van der Waals surface area contributed by atoms with Crippen LogP contribution in [0.15, 0.2) is 48.9 Å². The van der Waals surface area contributed by atoms with Crippen LogP contribution in [-0.4, -0.2) is 32.3 Å². The minimum atomic E-state index is -4.58. The van der Waals surface area contributed by atoms with Crippen molar-refractivity contribution < 1.29 is 22.8 Å². The summed E-state index contributed by atoms with van der Waals surface area (Å²) in [6, 6.07) is 6.53. The normalized spacial score (nSPS) is 14.2. The molecule has 0 radical (unpaired) electrons. The van der Waals surface area contributed by atoms with Crippen molar-refractivity contribution in [3.8, 4) is 0 Å². The summed E-state index contributed by atoms with van der Waals surface area (Å²) in [5.74, 6) is -0.836. The number of nitrogens with one attached hydrogen (secondary N) is 3. The molecule has 2 heterocycles. The second kappa shape index (κ2) is 9.37. The van der Waals surface area contributed by atoms with Crippen LogP contribution in [0.4, 0.5) is 30.5 Å². The van der Waals surface area contributed by atoms with E-state index in [0.29, 0.717) is 24.2 Å². The molecule has 35 heavy (non-hydrogen) atoms. The molecule has 1 fully saturated rings. The van der Waals surface area contributed by atoms with E-state index in [1.165, 1.54) is 30.7 Å². The zero-order valence-electron chi connectivity index (χ0n) is 18.0. The fourth-order valence-corrected chi connectivity index (χ4v) is 3.41. The van der Waals surface area contributed by atoms with Crippen molar-refractivity contribution in [2.75, 3.05) is 11.1 Å². The van der Waals surface area contributed by atoms with Crippen LogP contribution in [0.2, 0.25) is 5.02 Å². The molecule has 0 atom stereocenters. The van der Waals surface area contributed by atoms with Crippen LogP contribution in [0.3, 0.4) is 0 Å². The first-order valence-corrected chi connectivity index (χ1v) is 10.7. The summed E-state index contributed by atoms with van der Waals surface area (Å²) in [7, 11) is 0. The Morgan fingerprint density at radius 3 is 2.37 bits per heavy atom. The van der Waals surface area contributed by atoms with Gasteiger partial charge in [-0.1, -0.05) is 11.6 Å². The molecule has 1 saturated carbocycles. The maximum absolute atomic E-state index is 13.3. The number of anilines is 3. The summed E-state index contributed by atoms with van der Waals surface area (Å²) in [6.07, 6.45) is 0.254. The summed E-state index contributed by atoms with van der Waals surface area (Å²) in [5, 5.41) is 8.06. The van der Waals surface area contributed by atoms with Gasteiger partial charge in [-0.2, -0.15) is 13.2 Å². The molecule has 0 bridgehead atoms. The van der Waals surface area contributed by atoms with Crippen LogP contribution < -0.4 is 21.7 Å². The number of alkyl halides is 3. The van der Waals surface area contributed by atoms with Gasteiger partial charge in [-0.25, -0.2) is 9.97 Å². The van der Waals surface area contributed by atoms with E-state index in [-0.39, 0.29) is 34.7 Å². The lowest BCUT2D eigenvalue weighted by molar-refractivity contribution is -0.137. The highest BCUT2D eigenvalue weighted by Gasteiger charge is 2.51. The highest BCUT2D eigenvalue weighted by molar-refractivity contribution is 6.30. The zero-order valence-corrected chi connectivity index (χ0v) is 18.7. The molecule has 1 aromatic carbocycles. The van der Waals surface area contributed by atoms with Crippen molar-refractivity contribution in [1.82, 2.24) is 25.6 Å². The molecular weight excluding hydrogens is 487 g/mol. The number of pyridine rings is 1. The number of hydrogen-bond acceptors (Lipinski definition) is 7. The Hall–Kier alpha value is -3.93. The van der Waals surface area contributed by atoms with Gasteiger partial charge in [0, 0.05) is 17.4 Å². The zero-order chi connectivity index (χ0) is 25.2. The Labute approximate surface area is 202 Å². The Balaban J connectivity index is 1.34. The molecule has 5 N–H and O–H groups in total. The topological polar surface area (TPSA) is 135 Å². The van der Waals surface area contributed by atoms with Crippen molar-refractivity contribution in [3.05, 3.63) is 70.8 Å². The molecule has 1 aliphatic rings. The number of hydrogen-bond donors (Lipinski definition) is 4. The van der Waals surface area contributed by atoms with Crippen molar-refractivity contribution in [2.45, 2.75) is 31.1 Å². The first-order valence-electron chi connectivity index (χ1n) is 10.3. The van der Waals surface area contributed by atoms with E-state index >= 15 is 0 Å². The minimum Gasteiger partial charge on any atom is -0.368 e.